The van der Waals surface area contributed by atoms with Crippen LogP contribution in [0, 0.1) is 5.82 Å². The molecule has 154 valence electrons. The summed E-state index contributed by atoms with van der Waals surface area (Å²) in [5.41, 5.74) is 0.588. The van der Waals surface area contributed by atoms with Gasteiger partial charge < -0.3 is 15.2 Å². The summed E-state index contributed by atoms with van der Waals surface area (Å²) in [6.07, 6.45) is -1.16. The van der Waals surface area contributed by atoms with E-state index >= 15 is 0 Å². The number of imide groups is 1. The van der Waals surface area contributed by atoms with Crippen LogP contribution in [0.2, 0.25) is 0 Å². The van der Waals surface area contributed by atoms with Gasteiger partial charge >= 0.3 is 6.03 Å². The van der Waals surface area contributed by atoms with E-state index in [1.807, 2.05) is 24.3 Å². The van der Waals surface area contributed by atoms with Crippen molar-refractivity contribution in [1.82, 2.24) is 10.2 Å². The molecule has 1 aliphatic rings. The third-order valence-electron chi connectivity index (χ3n) is 5.09. The summed E-state index contributed by atoms with van der Waals surface area (Å²) < 4.78 is 18.9. The maximum atomic E-state index is 13.6. The Kier molecular flexibility index (Phi) is 5.88. The third-order valence-corrected chi connectivity index (χ3v) is 5.09. The van der Waals surface area contributed by atoms with Crippen molar-refractivity contribution in [3.05, 3.63) is 65.5 Å². The first kappa shape index (κ1) is 20.8. The van der Waals surface area contributed by atoms with E-state index in [-0.39, 0.29) is 18.9 Å². The van der Waals surface area contributed by atoms with Crippen LogP contribution in [0.3, 0.4) is 0 Å². The molecule has 0 spiro atoms. The molecule has 1 heterocycles. The molecule has 0 saturated carbocycles. The van der Waals surface area contributed by atoms with Crippen LogP contribution in [0.25, 0.3) is 0 Å². The summed E-state index contributed by atoms with van der Waals surface area (Å²) in [6.45, 7) is 5.29. The van der Waals surface area contributed by atoms with Crippen LogP contribution in [0.15, 0.2) is 48.5 Å². The van der Waals surface area contributed by atoms with E-state index in [9.17, 15) is 19.1 Å². The van der Waals surface area contributed by atoms with Crippen molar-refractivity contribution >= 4 is 11.9 Å². The number of ether oxygens (including phenoxy) is 1. The van der Waals surface area contributed by atoms with Gasteiger partial charge in [0.25, 0.3) is 5.91 Å². The average Bonchev–Trinajstić information content (AvgIpc) is 2.91. The van der Waals surface area contributed by atoms with Crippen LogP contribution in [-0.2, 0) is 10.3 Å². The monoisotopic (exact) mass is 400 g/mol. The molecular formula is C22H25FN2O4. The number of hydrogen-bond acceptors (Lipinski definition) is 4. The van der Waals surface area contributed by atoms with Gasteiger partial charge in [0, 0.05) is 0 Å². The molecular weight excluding hydrogens is 375 g/mol. The van der Waals surface area contributed by atoms with Crippen molar-refractivity contribution in [2.45, 2.75) is 38.3 Å². The molecule has 2 aromatic rings. The highest BCUT2D eigenvalue weighted by atomic mass is 19.1. The van der Waals surface area contributed by atoms with Gasteiger partial charge in [-0.3, -0.25) is 9.69 Å². The quantitative estimate of drug-likeness (QED) is 0.700. The second kappa shape index (κ2) is 8.21. The fourth-order valence-corrected chi connectivity index (χ4v) is 3.27. The summed E-state index contributed by atoms with van der Waals surface area (Å²) in [6, 6.07) is 12.8. The van der Waals surface area contributed by atoms with E-state index in [2.05, 4.69) is 19.2 Å². The number of benzene rings is 2. The number of para-hydroxylation sites is 1. The predicted octanol–water partition coefficient (Wildman–Crippen LogP) is 3.16. The minimum absolute atomic E-state index is 0.00108. The lowest BCUT2D eigenvalue weighted by Gasteiger charge is -2.23. The largest absolute Gasteiger partial charge is 0.488 e. The molecule has 1 fully saturated rings. The smallest absolute Gasteiger partial charge is 0.325 e. The minimum Gasteiger partial charge on any atom is -0.488 e. The summed E-state index contributed by atoms with van der Waals surface area (Å²) in [7, 11) is 0. The molecule has 0 aliphatic carbocycles. The number of carbonyl (C=O) groups excluding carboxylic acids is 2. The number of aliphatic hydroxyl groups excluding tert-OH is 1. The van der Waals surface area contributed by atoms with Gasteiger partial charge in [-0.05, 0) is 36.1 Å². The molecule has 1 saturated heterocycles. The number of aliphatic hydroxyl groups is 1. The number of urea groups is 1. The molecule has 2 atom stereocenters. The molecule has 3 rings (SSSR count). The van der Waals surface area contributed by atoms with E-state index < -0.39 is 29.4 Å². The van der Waals surface area contributed by atoms with Gasteiger partial charge in [0.15, 0.2) is 11.6 Å². The second-order valence-electron chi connectivity index (χ2n) is 7.64. The topological polar surface area (TPSA) is 78.9 Å². The Balaban J connectivity index is 1.67. The number of nitrogens with zero attached hydrogens (tertiary/aromatic N) is 1. The Bertz CT molecular complexity index is 900. The normalized spacial score (nSPS) is 20.1. The fraction of sp³-hybridized carbons (Fsp3) is 0.364. The Hall–Kier alpha value is -2.93. The summed E-state index contributed by atoms with van der Waals surface area (Å²) in [4.78, 5) is 26.3. The van der Waals surface area contributed by atoms with E-state index in [0.29, 0.717) is 11.5 Å². The average molecular weight is 400 g/mol. The lowest BCUT2D eigenvalue weighted by molar-refractivity contribution is -0.132. The van der Waals surface area contributed by atoms with Crippen LogP contribution in [0.4, 0.5) is 9.18 Å². The molecule has 0 radical (unpaired) electrons. The zero-order valence-corrected chi connectivity index (χ0v) is 16.7. The molecule has 0 aromatic heterocycles. The predicted molar refractivity (Wildman–Crippen MR) is 106 cm³/mol. The summed E-state index contributed by atoms with van der Waals surface area (Å²) >= 11 is 0. The first-order valence-corrected chi connectivity index (χ1v) is 9.52. The molecule has 2 aromatic carbocycles. The SMILES string of the molecule is CC(C)c1ccc([C@@]2(C)NC(=O)N(C[C@H](O)COc3ccccc3F)C2=O)cc1. The van der Waals surface area contributed by atoms with Crippen molar-refractivity contribution in [3.8, 4) is 5.75 Å². The lowest BCUT2D eigenvalue weighted by Crippen LogP contribution is -2.42. The maximum absolute atomic E-state index is 13.6. The highest BCUT2D eigenvalue weighted by Crippen LogP contribution is 2.30. The van der Waals surface area contributed by atoms with E-state index in [4.69, 9.17) is 4.74 Å². The van der Waals surface area contributed by atoms with Gasteiger partial charge in [-0.25, -0.2) is 9.18 Å². The number of nitrogens with one attached hydrogen (secondary N) is 1. The molecule has 7 heteroatoms. The lowest BCUT2D eigenvalue weighted by atomic mass is 9.90. The van der Waals surface area contributed by atoms with Gasteiger partial charge in [-0.2, -0.15) is 0 Å². The number of carbonyl (C=O) groups is 2. The van der Waals surface area contributed by atoms with Gasteiger partial charge in [0.1, 0.15) is 18.2 Å². The Morgan fingerprint density at radius 3 is 2.41 bits per heavy atom. The van der Waals surface area contributed by atoms with Crippen molar-refractivity contribution < 1.29 is 23.8 Å². The van der Waals surface area contributed by atoms with Crippen LogP contribution < -0.4 is 10.1 Å². The first-order valence-electron chi connectivity index (χ1n) is 9.52. The van der Waals surface area contributed by atoms with E-state index in [0.717, 1.165) is 10.5 Å². The van der Waals surface area contributed by atoms with E-state index in [1.165, 1.54) is 18.2 Å². The third kappa shape index (κ3) is 4.24. The fourth-order valence-electron chi connectivity index (χ4n) is 3.27. The summed E-state index contributed by atoms with van der Waals surface area (Å²) in [5.74, 6) is -0.650. The zero-order chi connectivity index (χ0) is 21.2. The minimum atomic E-state index is -1.21. The summed E-state index contributed by atoms with van der Waals surface area (Å²) in [5, 5.41) is 12.9. The van der Waals surface area contributed by atoms with Crippen LogP contribution >= 0.6 is 0 Å². The number of hydrogen-bond donors (Lipinski definition) is 2. The van der Waals surface area contributed by atoms with Crippen molar-refractivity contribution in [2.75, 3.05) is 13.2 Å². The molecule has 0 bridgehead atoms. The number of β-amino-alcohol motifs (C(OH)–C–C–N with tert-alkyl or cyclic N) is 1. The Morgan fingerprint density at radius 2 is 1.79 bits per heavy atom. The zero-order valence-electron chi connectivity index (χ0n) is 16.7. The van der Waals surface area contributed by atoms with Gasteiger partial charge in [-0.15, -0.1) is 0 Å². The van der Waals surface area contributed by atoms with Gasteiger partial charge in [0.2, 0.25) is 0 Å². The maximum Gasteiger partial charge on any atom is 0.325 e. The standard InChI is InChI=1S/C22H25FN2O4/c1-14(2)15-8-10-16(11-9-15)22(3)20(27)25(21(28)24-22)12-17(26)13-29-19-7-5-4-6-18(19)23/h4-11,14,17,26H,12-13H2,1-3H3,(H,24,28)/t17-,22+/m0/s1. The Morgan fingerprint density at radius 1 is 1.14 bits per heavy atom. The molecule has 2 N–H and O–H groups in total. The van der Waals surface area contributed by atoms with Crippen molar-refractivity contribution in [1.29, 1.82) is 0 Å². The Labute approximate surface area is 169 Å². The molecule has 3 amide bonds. The number of rotatable bonds is 7. The highest BCUT2D eigenvalue weighted by molar-refractivity contribution is 6.07. The van der Waals surface area contributed by atoms with E-state index in [1.54, 1.807) is 13.0 Å². The van der Waals surface area contributed by atoms with Crippen LogP contribution in [0.1, 0.15) is 37.8 Å². The van der Waals surface area contributed by atoms with Gasteiger partial charge in [-0.1, -0.05) is 50.2 Å². The first-order chi connectivity index (χ1) is 13.7. The molecule has 29 heavy (non-hydrogen) atoms. The number of amides is 3. The van der Waals surface area contributed by atoms with Crippen molar-refractivity contribution in [2.24, 2.45) is 0 Å². The molecule has 6 nitrogen and oxygen atoms in total. The molecule has 1 aliphatic heterocycles. The van der Waals surface area contributed by atoms with Crippen LogP contribution in [-0.4, -0.2) is 41.2 Å². The second-order valence-corrected chi connectivity index (χ2v) is 7.64. The van der Waals surface area contributed by atoms with Gasteiger partial charge in [0.05, 0.1) is 6.54 Å². The molecule has 0 unspecified atom stereocenters. The van der Waals surface area contributed by atoms with Crippen LogP contribution in [0.5, 0.6) is 5.75 Å². The number of halogens is 1. The highest BCUT2D eigenvalue weighted by Gasteiger charge is 2.49. The van der Waals surface area contributed by atoms with Crippen molar-refractivity contribution in [3.63, 3.8) is 0 Å².